The van der Waals surface area contributed by atoms with Crippen molar-refractivity contribution in [3.8, 4) is 34.5 Å². The second-order valence-corrected chi connectivity index (χ2v) is 9.33. The Morgan fingerprint density at radius 2 is 0.513 bits per heavy atom. The van der Waals surface area contributed by atoms with Crippen molar-refractivity contribution in [2.24, 2.45) is 0 Å². The predicted molar refractivity (Wildman–Crippen MR) is 157 cm³/mol. The smallest absolute Gasteiger partial charge is 0.230 e. The zero-order valence-corrected chi connectivity index (χ0v) is 22.9. The molecule has 0 spiro atoms. The number of aryl methyl sites for hydroxylation is 4. The molecular weight excluding hydrogens is 484 g/mol. The van der Waals surface area contributed by atoms with Crippen LogP contribution in [0.4, 0.5) is 0 Å². The summed E-state index contributed by atoms with van der Waals surface area (Å²) in [6, 6.07) is 39.4. The summed E-state index contributed by atoms with van der Waals surface area (Å²) in [7, 11) is 0. The molecular formula is C35H34O4. The lowest BCUT2D eigenvalue weighted by Gasteiger charge is -2.08. The minimum Gasteiger partial charge on any atom is -0.458 e. The van der Waals surface area contributed by atoms with Gasteiger partial charge in [-0.05, 0) is 100 Å². The van der Waals surface area contributed by atoms with Crippen LogP contribution < -0.4 is 18.9 Å². The summed E-state index contributed by atoms with van der Waals surface area (Å²) in [5.41, 5.74) is 4.87. The standard InChI is InChI=1S/C20H18O2.C15H16O2/c1-15-3-7-17(8-4-15)21-19-11-13-20(14-12-19)22-18-9-5-16(2)6-10-18;1-12-3-7-14(8-4-12)16-11-17-15-9-5-13(2)6-10-15/h3-14H,1-2H3;3-10H,11H2,1-2H3. The fourth-order valence-corrected chi connectivity index (χ4v) is 3.50. The first-order chi connectivity index (χ1) is 18.9. The summed E-state index contributed by atoms with van der Waals surface area (Å²) in [6.07, 6.45) is 0. The highest BCUT2D eigenvalue weighted by Gasteiger charge is 2.00. The molecule has 0 unspecified atom stereocenters. The van der Waals surface area contributed by atoms with Gasteiger partial charge in [-0.1, -0.05) is 70.8 Å². The van der Waals surface area contributed by atoms with E-state index in [0.29, 0.717) is 0 Å². The van der Waals surface area contributed by atoms with Gasteiger partial charge in [-0.15, -0.1) is 0 Å². The molecule has 0 aliphatic rings. The molecule has 5 aromatic rings. The molecule has 0 aliphatic heterocycles. The number of ether oxygens (including phenoxy) is 4. The van der Waals surface area contributed by atoms with Crippen molar-refractivity contribution in [1.29, 1.82) is 0 Å². The quantitative estimate of drug-likeness (QED) is 0.192. The SMILES string of the molecule is Cc1ccc(OCOc2ccc(C)cc2)cc1.Cc1ccc(Oc2ccc(Oc3ccc(C)cc3)cc2)cc1. The number of hydrogen-bond donors (Lipinski definition) is 0. The van der Waals surface area contributed by atoms with Gasteiger partial charge in [-0.2, -0.15) is 0 Å². The van der Waals surface area contributed by atoms with Crippen molar-refractivity contribution in [2.75, 3.05) is 6.79 Å². The molecule has 0 bridgehead atoms. The highest BCUT2D eigenvalue weighted by molar-refractivity contribution is 5.38. The van der Waals surface area contributed by atoms with Crippen LogP contribution in [0.15, 0.2) is 121 Å². The molecule has 0 aromatic heterocycles. The Kier molecular flexibility index (Phi) is 9.63. The maximum Gasteiger partial charge on any atom is 0.230 e. The average Bonchev–Trinajstić information content (AvgIpc) is 2.95. The topological polar surface area (TPSA) is 36.9 Å². The van der Waals surface area contributed by atoms with Crippen molar-refractivity contribution in [2.45, 2.75) is 27.7 Å². The first kappa shape index (κ1) is 27.3. The van der Waals surface area contributed by atoms with Crippen LogP contribution >= 0.6 is 0 Å². The molecule has 0 N–H and O–H groups in total. The molecule has 39 heavy (non-hydrogen) atoms. The predicted octanol–water partition coefficient (Wildman–Crippen LogP) is 9.61. The molecule has 0 fully saturated rings. The summed E-state index contributed by atoms with van der Waals surface area (Å²) >= 11 is 0. The Balaban J connectivity index is 0.000000187. The zero-order chi connectivity index (χ0) is 27.5. The lowest BCUT2D eigenvalue weighted by Crippen LogP contribution is -2.05. The van der Waals surface area contributed by atoms with E-state index in [2.05, 4.69) is 13.8 Å². The fraction of sp³-hybridized carbons (Fsp3) is 0.143. The Bertz CT molecular complexity index is 1290. The Morgan fingerprint density at radius 3 is 0.769 bits per heavy atom. The lowest BCUT2D eigenvalue weighted by molar-refractivity contribution is 0.120. The maximum absolute atomic E-state index is 5.80. The van der Waals surface area contributed by atoms with Gasteiger partial charge in [0.25, 0.3) is 0 Å². The average molecular weight is 519 g/mol. The molecule has 0 atom stereocenters. The van der Waals surface area contributed by atoms with E-state index in [1.54, 1.807) is 0 Å². The largest absolute Gasteiger partial charge is 0.458 e. The number of hydrogen-bond acceptors (Lipinski definition) is 4. The van der Waals surface area contributed by atoms with Crippen LogP contribution in [0.25, 0.3) is 0 Å². The van der Waals surface area contributed by atoms with Gasteiger partial charge in [0.05, 0.1) is 0 Å². The Hall–Kier alpha value is -4.70. The zero-order valence-electron chi connectivity index (χ0n) is 22.9. The highest BCUT2D eigenvalue weighted by atomic mass is 16.7. The van der Waals surface area contributed by atoms with Crippen LogP contribution in [-0.2, 0) is 0 Å². The molecule has 4 heteroatoms. The van der Waals surface area contributed by atoms with Crippen LogP contribution in [0.5, 0.6) is 34.5 Å². The Labute approximate surface area is 231 Å². The summed E-state index contributed by atoms with van der Waals surface area (Å²) < 4.78 is 22.5. The van der Waals surface area contributed by atoms with E-state index >= 15 is 0 Å². The molecule has 0 heterocycles. The minimum atomic E-state index is 0.228. The van der Waals surface area contributed by atoms with Crippen LogP contribution in [0.1, 0.15) is 22.3 Å². The monoisotopic (exact) mass is 518 g/mol. The van der Waals surface area contributed by atoms with E-state index < -0.39 is 0 Å². The van der Waals surface area contributed by atoms with E-state index in [1.165, 1.54) is 22.3 Å². The van der Waals surface area contributed by atoms with Gasteiger partial charge < -0.3 is 18.9 Å². The second-order valence-electron chi connectivity index (χ2n) is 9.33. The van der Waals surface area contributed by atoms with Gasteiger partial charge in [0.15, 0.2) is 0 Å². The van der Waals surface area contributed by atoms with E-state index in [9.17, 15) is 0 Å². The van der Waals surface area contributed by atoms with Crippen LogP contribution in [0.2, 0.25) is 0 Å². The molecule has 0 saturated carbocycles. The molecule has 0 radical (unpaired) electrons. The molecule has 5 rings (SSSR count). The summed E-state index contributed by atoms with van der Waals surface area (Å²) in [5, 5.41) is 0. The van der Waals surface area contributed by atoms with Crippen LogP contribution in [0, 0.1) is 27.7 Å². The van der Waals surface area contributed by atoms with Gasteiger partial charge >= 0.3 is 0 Å². The van der Waals surface area contributed by atoms with Crippen molar-refractivity contribution < 1.29 is 18.9 Å². The first-order valence-corrected chi connectivity index (χ1v) is 12.9. The van der Waals surface area contributed by atoms with Gasteiger partial charge in [0, 0.05) is 0 Å². The maximum atomic E-state index is 5.80. The van der Waals surface area contributed by atoms with Gasteiger partial charge in [0.2, 0.25) is 6.79 Å². The van der Waals surface area contributed by atoms with Gasteiger partial charge in [-0.3, -0.25) is 0 Å². The fourth-order valence-electron chi connectivity index (χ4n) is 3.50. The van der Waals surface area contributed by atoms with Gasteiger partial charge in [0.1, 0.15) is 34.5 Å². The van der Waals surface area contributed by atoms with Crippen LogP contribution in [-0.4, -0.2) is 6.79 Å². The number of benzene rings is 5. The van der Waals surface area contributed by atoms with Crippen molar-refractivity contribution in [3.63, 3.8) is 0 Å². The summed E-state index contributed by atoms with van der Waals surface area (Å²) in [5.74, 6) is 4.89. The summed E-state index contributed by atoms with van der Waals surface area (Å²) in [4.78, 5) is 0. The molecule has 0 saturated heterocycles. The van der Waals surface area contributed by atoms with E-state index in [4.69, 9.17) is 18.9 Å². The van der Waals surface area contributed by atoms with E-state index in [0.717, 1.165) is 34.5 Å². The third-order valence-corrected chi connectivity index (χ3v) is 5.83. The van der Waals surface area contributed by atoms with Crippen molar-refractivity contribution in [3.05, 3.63) is 144 Å². The molecule has 198 valence electrons. The lowest BCUT2D eigenvalue weighted by atomic mass is 10.2. The van der Waals surface area contributed by atoms with E-state index in [-0.39, 0.29) is 6.79 Å². The number of rotatable bonds is 8. The minimum absolute atomic E-state index is 0.228. The van der Waals surface area contributed by atoms with Crippen molar-refractivity contribution in [1.82, 2.24) is 0 Å². The second kappa shape index (κ2) is 13.7. The van der Waals surface area contributed by atoms with Crippen molar-refractivity contribution >= 4 is 0 Å². The molecule has 5 aromatic carbocycles. The molecule has 4 nitrogen and oxygen atoms in total. The molecule has 0 amide bonds. The van der Waals surface area contributed by atoms with Crippen LogP contribution in [0.3, 0.4) is 0 Å². The third-order valence-electron chi connectivity index (χ3n) is 5.83. The summed E-state index contributed by atoms with van der Waals surface area (Å²) in [6.45, 7) is 8.44. The third kappa shape index (κ3) is 9.28. The highest BCUT2D eigenvalue weighted by Crippen LogP contribution is 2.27. The van der Waals surface area contributed by atoms with E-state index in [1.807, 2.05) is 135 Å². The molecule has 0 aliphatic carbocycles. The van der Waals surface area contributed by atoms with Gasteiger partial charge in [-0.25, -0.2) is 0 Å². The normalized spacial score (nSPS) is 10.2. The Morgan fingerprint density at radius 1 is 0.308 bits per heavy atom. The first-order valence-electron chi connectivity index (χ1n) is 12.9.